The first kappa shape index (κ1) is 11.5. The first-order chi connectivity index (χ1) is 6.69. The Morgan fingerprint density at radius 1 is 1.64 bits per heavy atom. The van der Waals surface area contributed by atoms with Crippen LogP contribution in [-0.4, -0.2) is 24.9 Å². The molecule has 1 aromatic rings. The summed E-state index contributed by atoms with van der Waals surface area (Å²) < 4.78 is 0. The van der Waals surface area contributed by atoms with E-state index in [-0.39, 0.29) is 0 Å². The zero-order valence-electron chi connectivity index (χ0n) is 8.29. The van der Waals surface area contributed by atoms with E-state index in [1.807, 2.05) is 11.9 Å². The maximum absolute atomic E-state index is 10.5. The van der Waals surface area contributed by atoms with Crippen molar-refractivity contribution >= 4 is 34.4 Å². The van der Waals surface area contributed by atoms with Crippen molar-refractivity contribution in [1.29, 1.82) is 0 Å². The van der Waals surface area contributed by atoms with Crippen LogP contribution < -0.4 is 4.90 Å². The van der Waals surface area contributed by atoms with E-state index >= 15 is 0 Å². The molecule has 0 spiro atoms. The SMILES string of the molecule is CCCCN(C)c1nc(Cl)c(C=O)s1. The fourth-order valence-electron chi connectivity index (χ4n) is 1.03. The number of thiazole rings is 1. The third kappa shape index (κ3) is 2.69. The van der Waals surface area contributed by atoms with Crippen molar-refractivity contribution in [2.45, 2.75) is 19.8 Å². The summed E-state index contributed by atoms with van der Waals surface area (Å²) in [5, 5.41) is 1.12. The number of hydrogen-bond acceptors (Lipinski definition) is 4. The Hall–Kier alpha value is -0.610. The van der Waals surface area contributed by atoms with Gasteiger partial charge in [-0.3, -0.25) is 4.79 Å². The first-order valence-corrected chi connectivity index (χ1v) is 5.71. The highest BCUT2D eigenvalue weighted by atomic mass is 35.5. The van der Waals surface area contributed by atoms with Gasteiger partial charge in [-0.1, -0.05) is 36.3 Å². The van der Waals surface area contributed by atoms with Crippen LogP contribution in [0.4, 0.5) is 5.13 Å². The standard InChI is InChI=1S/C9H13ClN2OS/c1-3-4-5-12(2)9-11-8(10)7(6-13)14-9/h6H,3-5H2,1-2H3. The molecule has 0 aliphatic rings. The molecule has 78 valence electrons. The molecule has 0 fully saturated rings. The van der Waals surface area contributed by atoms with Crippen LogP contribution in [0, 0.1) is 0 Å². The number of aldehydes is 1. The van der Waals surface area contributed by atoms with E-state index in [0.717, 1.165) is 30.8 Å². The summed E-state index contributed by atoms with van der Waals surface area (Å²) in [6.07, 6.45) is 3.01. The van der Waals surface area contributed by atoms with Crippen LogP contribution in [0.25, 0.3) is 0 Å². The molecule has 0 bridgehead atoms. The van der Waals surface area contributed by atoms with Gasteiger partial charge >= 0.3 is 0 Å². The number of carbonyl (C=O) groups excluding carboxylic acids is 1. The minimum absolute atomic E-state index is 0.309. The summed E-state index contributed by atoms with van der Waals surface area (Å²) in [5.74, 6) is 0. The van der Waals surface area contributed by atoms with Gasteiger partial charge in [0.05, 0.1) is 0 Å². The number of nitrogens with zero attached hydrogens (tertiary/aromatic N) is 2. The van der Waals surface area contributed by atoms with Crippen molar-refractivity contribution in [3.05, 3.63) is 10.0 Å². The maximum atomic E-state index is 10.5. The van der Waals surface area contributed by atoms with Crippen LogP contribution in [0.15, 0.2) is 0 Å². The Labute approximate surface area is 92.7 Å². The van der Waals surface area contributed by atoms with E-state index in [4.69, 9.17) is 11.6 Å². The molecule has 3 nitrogen and oxygen atoms in total. The summed E-state index contributed by atoms with van der Waals surface area (Å²) in [7, 11) is 1.96. The predicted octanol–water partition coefficient (Wildman–Crippen LogP) is 2.85. The second-order valence-electron chi connectivity index (χ2n) is 3.04. The molecular formula is C9H13ClN2OS. The second-order valence-corrected chi connectivity index (χ2v) is 4.41. The summed E-state index contributed by atoms with van der Waals surface area (Å²) >= 11 is 7.10. The molecule has 0 radical (unpaired) electrons. The van der Waals surface area contributed by atoms with Gasteiger partial charge < -0.3 is 4.90 Å². The summed E-state index contributed by atoms with van der Waals surface area (Å²) in [6, 6.07) is 0. The first-order valence-electron chi connectivity index (χ1n) is 4.51. The average molecular weight is 233 g/mol. The van der Waals surface area contributed by atoms with E-state index in [1.165, 1.54) is 11.3 Å². The zero-order valence-corrected chi connectivity index (χ0v) is 9.86. The number of unbranched alkanes of at least 4 members (excludes halogenated alkanes) is 1. The lowest BCUT2D eigenvalue weighted by molar-refractivity contribution is 0.112. The van der Waals surface area contributed by atoms with Crippen molar-refractivity contribution < 1.29 is 4.79 Å². The summed E-state index contributed by atoms with van der Waals surface area (Å²) in [4.78, 5) is 17.2. The van der Waals surface area contributed by atoms with Crippen molar-refractivity contribution in [1.82, 2.24) is 4.98 Å². The van der Waals surface area contributed by atoms with Gasteiger partial charge in [0.1, 0.15) is 4.88 Å². The van der Waals surface area contributed by atoms with Crippen molar-refractivity contribution in [2.24, 2.45) is 0 Å². The number of anilines is 1. The molecular weight excluding hydrogens is 220 g/mol. The highest BCUT2D eigenvalue weighted by Crippen LogP contribution is 2.27. The Balaban J connectivity index is 2.70. The van der Waals surface area contributed by atoms with Crippen LogP contribution in [-0.2, 0) is 0 Å². The van der Waals surface area contributed by atoms with Crippen LogP contribution in [0.3, 0.4) is 0 Å². The molecule has 1 rings (SSSR count). The maximum Gasteiger partial charge on any atom is 0.187 e. The number of hydrogen-bond donors (Lipinski definition) is 0. The van der Waals surface area contributed by atoms with E-state index in [9.17, 15) is 4.79 Å². The molecule has 0 aliphatic carbocycles. The highest BCUT2D eigenvalue weighted by molar-refractivity contribution is 7.17. The van der Waals surface area contributed by atoms with Gasteiger partial charge in [-0.25, -0.2) is 4.98 Å². The Morgan fingerprint density at radius 2 is 2.36 bits per heavy atom. The lowest BCUT2D eigenvalue weighted by Crippen LogP contribution is -2.17. The van der Waals surface area contributed by atoms with Gasteiger partial charge in [0.25, 0.3) is 0 Å². The number of rotatable bonds is 5. The van der Waals surface area contributed by atoms with E-state index < -0.39 is 0 Å². The quantitative estimate of drug-likeness (QED) is 0.732. The molecule has 0 aliphatic heterocycles. The molecule has 14 heavy (non-hydrogen) atoms. The Bertz CT molecular complexity index is 314. The molecule has 5 heteroatoms. The van der Waals surface area contributed by atoms with Crippen molar-refractivity contribution in [3.63, 3.8) is 0 Å². The molecule has 0 aromatic carbocycles. The van der Waals surface area contributed by atoms with Crippen LogP contribution in [0.5, 0.6) is 0 Å². The van der Waals surface area contributed by atoms with Gasteiger partial charge in [0, 0.05) is 13.6 Å². The van der Waals surface area contributed by atoms with E-state index in [2.05, 4.69) is 11.9 Å². The number of carbonyl (C=O) groups is 1. The fourth-order valence-corrected chi connectivity index (χ4v) is 2.08. The fraction of sp³-hybridized carbons (Fsp3) is 0.556. The summed E-state index contributed by atoms with van der Waals surface area (Å²) in [5.41, 5.74) is 0. The summed E-state index contributed by atoms with van der Waals surface area (Å²) in [6.45, 7) is 3.08. The number of aromatic nitrogens is 1. The van der Waals surface area contributed by atoms with Crippen LogP contribution in [0.1, 0.15) is 29.4 Å². The van der Waals surface area contributed by atoms with Crippen molar-refractivity contribution in [2.75, 3.05) is 18.5 Å². The molecule has 1 heterocycles. The minimum Gasteiger partial charge on any atom is -0.351 e. The highest BCUT2D eigenvalue weighted by Gasteiger charge is 2.11. The molecule has 0 saturated heterocycles. The Morgan fingerprint density at radius 3 is 2.86 bits per heavy atom. The minimum atomic E-state index is 0.309. The smallest absolute Gasteiger partial charge is 0.187 e. The zero-order chi connectivity index (χ0) is 10.6. The Kier molecular flexibility index (Phi) is 4.35. The normalized spacial score (nSPS) is 10.2. The third-order valence-corrected chi connectivity index (χ3v) is 3.37. The van der Waals surface area contributed by atoms with Gasteiger partial charge in [-0.2, -0.15) is 0 Å². The number of halogens is 1. The van der Waals surface area contributed by atoms with Gasteiger partial charge in [-0.15, -0.1) is 0 Å². The second kappa shape index (κ2) is 5.32. The monoisotopic (exact) mass is 232 g/mol. The van der Waals surface area contributed by atoms with Crippen LogP contribution in [0.2, 0.25) is 5.15 Å². The topological polar surface area (TPSA) is 33.2 Å². The largest absolute Gasteiger partial charge is 0.351 e. The molecule has 1 aromatic heterocycles. The molecule has 0 atom stereocenters. The van der Waals surface area contributed by atoms with E-state index in [0.29, 0.717) is 10.0 Å². The molecule has 0 saturated carbocycles. The molecule has 0 unspecified atom stereocenters. The van der Waals surface area contributed by atoms with E-state index in [1.54, 1.807) is 0 Å². The van der Waals surface area contributed by atoms with Crippen molar-refractivity contribution in [3.8, 4) is 0 Å². The molecule has 0 amide bonds. The van der Waals surface area contributed by atoms with Gasteiger partial charge in [0.2, 0.25) is 0 Å². The van der Waals surface area contributed by atoms with Crippen LogP contribution >= 0.6 is 22.9 Å². The third-order valence-electron chi connectivity index (χ3n) is 1.88. The lowest BCUT2D eigenvalue weighted by Gasteiger charge is -2.14. The predicted molar refractivity (Wildman–Crippen MR) is 60.7 cm³/mol. The van der Waals surface area contributed by atoms with Gasteiger partial charge in [0.15, 0.2) is 16.6 Å². The average Bonchev–Trinajstić information content (AvgIpc) is 2.56. The van der Waals surface area contributed by atoms with Gasteiger partial charge in [-0.05, 0) is 6.42 Å². The lowest BCUT2D eigenvalue weighted by atomic mass is 10.3. The molecule has 0 N–H and O–H groups in total.